The molecule has 0 aliphatic carbocycles. The lowest BCUT2D eigenvalue weighted by Crippen LogP contribution is -2.71. The SMILES string of the molecule is Cc1nnc(SCC2=C(C(=O)O)N3C(=O)C(NC(=O)C(NC(=O)c4cc(=O)[nH]c(=O)[nH]4)c4ccccc4)[C@@H]3SC2)s1. The van der Waals surface area contributed by atoms with Gasteiger partial charge in [-0.1, -0.05) is 53.4 Å². The Morgan fingerprint density at radius 2 is 1.93 bits per heavy atom. The van der Waals surface area contributed by atoms with Crippen molar-refractivity contribution in [2.45, 2.75) is 28.7 Å². The van der Waals surface area contributed by atoms with Crippen molar-refractivity contribution in [3.8, 4) is 0 Å². The third kappa shape index (κ3) is 5.96. The van der Waals surface area contributed by atoms with Crippen LogP contribution < -0.4 is 21.9 Å². The Kier molecular flexibility index (Phi) is 8.09. The maximum absolute atomic E-state index is 13.4. The number of thioether (sulfide) groups is 2. The molecular formula is C24H21N7O7S3. The van der Waals surface area contributed by atoms with Crippen molar-refractivity contribution in [1.29, 1.82) is 0 Å². The molecule has 5 rings (SSSR count). The van der Waals surface area contributed by atoms with Crippen LogP contribution in [0.3, 0.4) is 0 Å². The van der Waals surface area contributed by atoms with Crippen molar-refractivity contribution in [3.05, 3.63) is 84.8 Å². The summed E-state index contributed by atoms with van der Waals surface area (Å²) >= 11 is 4.04. The molecule has 17 heteroatoms. The Hall–Kier alpha value is -4.22. The molecule has 0 saturated carbocycles. The number of H-pyrrole nitrogens is 2. The smallest absolute Gasteiger partial charge is 0.352 e. The van der Waals surface area contributed by atoms with Crippen molar-refractivity contribution >= 4 is 58.6 Å². The number of β-lactam (4-membered cyclic amide) rings is 1. The molecule has 2 unspecified atom stereocenters. The van der Waals surface area contributed by atoms with E-state index in [9.17, 15) is 33.9 Å². The number of rotatable bonds is 9. The zero-order valence-electron chi connectivity index (χ0n) is 21.1. The molecule has 3 amide bonds. The van der Waals surface area contributed by atoms with Gasteiger partial charge in [0.2, 0.25) is 5.91 Å². The first-order valence-electron chi connectivity index (χ1n) is 11.9. The number of aryl methyl sites for hydroxylation is 1. The summed E-state index contributed by atoms with van der Waals surface area (Å²) < 4.78 is 0.685. The molecular weight excluding hydrogens is 595 g/mol. The van der Waals surface area contributed by atoms with Crippen LogP contribution in [0.5, 0.6) is 0 Å². The lowest BCUT2D eigenvalue weighted by Gasteiger charge is -2.49. The molecule has 2 aliphatic rings. The van der Waals surface area contributed by atoms with Crippen molar-refractivity contribution in [1.82, 2.24) is 35.7 Å². The highest BCUT2D eigenvalue weighted by atomic mass is 32.2. The van der Waals surface area contributed by atoms with Gasteiger partial charge in [-0.15, -0.1) is 22.0 Å². The van der Waals surface area contributed by atoms with Crippen LogP contribution in [-0.4, -0.2) is 76.8 Å². The summed E-state index contributed by atoms with van der Waals surface area (Å²) in [6.07, 6.45) is 0. The number of hydrogen-bond acceptors (Lipinski definition) is 11. The molecule has 5 N–H and O–H groups in total. The largest absolute Gasteiger partial charge is 0.477 e. The molecule has 0 bridgehead atoms. The first-order chi connectivity index (χ1) is 19.6. The lowest BCUT2D eigenvalue weighted by atomic mass is 10.0. The quantitative estimate of drug-likeness (QED) is 0.163. The molecule has 0 radical (unpaired) electrons. The Morgan fingerprint density at radius 1 is 1.17 bits per heavy atom. The predicted octanol–water partition coefficient (Wildman–Crippen LogP) is 0.225. The number of fused-ring (bicyclic) bond motifs is 1. The molecule has 4 heterocycles. The van der Waals surface area contributed by atoms with E-state index in [-0.39, 0.29) is 11.4 Å². The minimum absolute atomic E-state index is 0.121. The number of carboxylic acid groups (broad SMARTS) is 1. The van der Waals surface area contributed by atoms with Gasteiger partial charge in [-0.25, -0.2) is 9.59 Å². The summed E-state index contributed by atoms with van der Waals surface area (Å²) in [5, 5.41) is 23.1. The van der Waals surface area contributed by atoms with Crippen LogP contribution in [0.25, 0.3) is 0 Å². The van der Waals surface area contributed by atoms with Gasteiger partial charge in [0.25, 0.3) is 17.4 Å². The second-order valence-electron chi connectivity index (χ2n) is 8.85. The first-order valence-corrected chi connectivity index (χ1v) is 14.8. The molecule has 212 valence electrons. The molecule has 14 nitrogen and oxygen atoms in total. The number of amides is 3. The van der Waals surface area contributed by atoms with Crippen LogP contribution >= 0.6 is 34.9 Å². The monoisotopic (exact) mass is 615 g/mol. The number of carboxylic acids is 1. The number of aliphatic carboxylic acids is 1. The molecule has 0 spiro atoms. The predicted molar refractivity (Wildman–Crippen MR) is 149 cm³/mol. The van der Waals surface area contributed by atoms with Crippen LogP contribution in [-0.2, 0) is 14.4 Å². The molecule has 2 aliphatic heterocycles. The maximum Gasteiger partial charge on any atom is 0.352 e. The average Bonchev–Trinajstić information content (AvgIpc) is 3.37. The Morgan fingerprint density at radius 3 is 2.59 bits per heavy atom. The van der Waals surface area contributed by atoms with E-state index in [0.717, 1.165) is 11.1 Å². The van der Waals surface area contributed by atoms with Crippen LogP contribution in [0.15, 0.2) is 61.6 Å². The van der Waals surface area contributed by atoms with Gasteiger partial charge < -0.3 is 20.7 Å². The van der Waals surface area contributed by atoms with Crippen LogP contribution in [0.4, 0.5) is 0 Å². The van der Waals surface area contributed by atoms with Crippen molar-refractivity contribution in [3.63, 3.8) is 0 Å². The highest BCUT2D eigenvalue weighted by Gasteiger charge is 2.54. The van der Waals surface area contributed by atoms with E-state index in [4.69, 9.17) is 0 Å². The van der Waals surface area contributed by atoms with E-state index in [0.29, 0.717) is 27.0 Å². The number of benzene rings is 1. The summed E-state index contributed by atoms with van der Waals surface area (Å²) in [6.45, 7) is 1.81. The number of aromatic nitrogens is 4. The van der Waals surface area contributed by atoms with Crippen molar-refractivity contribution in [2.24, 2.45) is 0 Å². The summed E-state index contributed by atoms with van der Waals surface area (Å²) in [6, 6.07) is 6.73. The third-order valence-corrected chi connectivity index (χ3v) is 9.50. The molecule has 41 heavy (non-hydrogen) atoms. The van der Waals surface area contributed by atoms with E-state index in [1.807, 2.05) is 11.9 Å². The fourth-order valence-corrected chi connectivity index (χ4v) is 7.56. The number of carbonyl (C=O) groups excluding carboxylic acids is 3. The Labute approximate surface area is 243 Å². The summed E-state index contributed by atoms with van der Waals surface area (Å²) in [7, 11) is 0. The second kappa shape index (κ2) is 11.7. The van der Waals surface area contributed by atoms with Gasteiger partial charge in [0, 0.05) is 17.6 Å². The van der Waals surface area contributed by atoms with Gasteiger partial charge in [-0.05, 0) is 18.1 Å². The van der Waals surface area contributed by atoms with E-state index in [2.05, 4.69) is 25.8 Å². The number of nitrogens with one attached hydrogen (secondary N) is 4. The fraction of sp³-hybridized carbons (Fsp3) is 0.250. The van der Waals surface area contributed by atoms with E-state index < -0.39 is 52.4 Å². The minimum atomic E-state index is -1.29. The summed E-state index contributed by atoms with van der Waals surface area (Å²) in [4.78, 5) is 80.2. The average molecular weight is 616 g/mol. The molecule has 3 atom stereocenters. The van der Waals surface area contributed by atoms with Gasteiger partial charge in [-0.3, -0.25) is 29.1 Å². The Balaban J connectivity index is 1.33. The maximum atomic E-state index is 13.4. The number of aromatic amines is 2. The highest BCUT2D eigenvalue weighted by molar-refractivity contribution is 8.01. The molecule has 1 fully saturated rings. The second-order valence-corrected chi connectivity index (χ2v) is 12.4. The fourth-order valence-electron chi connectivity index (χ4n) is 4.26. The van der Waals surface area contributed by atoms with Gasteiger partial charge in [0.15, 0.2) is 4.34 Å². The molecule has 2 aromatic heterocycles. The summed E-state index contributed by atoms with van der Waals surface area (Å²) in [5.74, 6) is -2.84. The van der Waals surface area contributed by atoms with Gasteiger partial charge in [0.1, 0.15) is 33.9 Å². The van der Waals surface area contributed by atoms with Crippen LogP contribution in [0.1, 0.15) is 27.1 Å². The Bertz CT molecular complexity index is 1660. The molecule has 1 saturated heterocycles. The zero-order chi connectivity index (χ0) is 29.3. The van der Waals surface area contributed by atoms with Gasteiger partial charge in [-0.2, -0.15) is 0 Å². The van der Waals surface area contributed by atoms with Crippen molar-refractivity contribution < 1.29 is 24.3 Å². The van der Waals surface area contributed by atoms with Crippen molar-refractivity contribution in [2.75, 3.05) is 11.5 Å². The van der Waals surface area contributed by atoms with Gasteiger partial charge in [0.05, 0.1) is 0 Å². The molecule has 1 aromatic carbocycles. The minimum Gasteiger partial charge on any atom is -0.477 e. The van der Waals surface area contributed by atoms with Gasteiger partial charge >= 0.3 is 11.7 Å². The highest BCUT2D eigenvalue weighted by Crippen LogP contribution is 2.42. The van der Waals surface area contributed by atoms with E-state index in [1.54, 1.807) is 30.3 Å². The number of carbonyl (C=O) groups is 4. The first kappa shape index (κ1) is 28.3. The number of hydrogen-bond donors (Lipinski definition) is 5. The van der Waals surface area contributed by atoms with Crippen LogP contribution in [0.2, 0.25) is 0 Å². The number of nitrogens with zero attached hydrogens (tertiary/aromatic N) is 3. The third-order valence-electron chi connectivity index (χ3n) is 6.10. The standard InChI is InChI=1S/C24H21N7O7S3/c1-10-29-30-24(41-10)40-9-12-8-39-21-16(20(35)31(21)17(12)22(36)37)28-19(34)15(11-5-3-2-4-6-11)27-18(33)13-7-14(32)26-23(38)25-13/h2-7,15-16,21H,8-9H2,1H3,(H,27,33)(H,28,34)(H,36,37)(H2,25,26,32,38)/t15?,16?,21-/m0/s1. The summed E-state index contributed by atoms with van der Waals surface area (Å²) in [5.41, 5.74) is -1.24. The van der Waals surface area contributed by atoms with E-state index >= 15 is 0 Å². The zero-order valence-corrected chi connectivity index (χ0v) is 23.5. The topological polar surface area (TPSA) is 207 Å². The lowest BCUT2D eigenvalue weighted by molar-refractivity contribution is -0.151. The molecule has 3 aromatic rings. The van der Waals surface area contributed by atoms with E-state index in [1.165, 1.54) is 39.8 Å². The van der Waals surface area contributed by atoms with Crippen LogP contribution in [0, 0.1) is 6.92 Å². The normalized spacial score (nSPS) is 18.8.